The van der Waals surface area contributed by atoms with E-state index in [4.69, 9.17) is 4.74 Å². The summed E-state index contributed by atoms with van der Waals surface area (Å²) in [6.07, 6.45) is 0. The van der Waals surface area contributed by atoms with Crippen LogP contribution in [0.1, 0.15) is 33.3 Å². The zero-order valence-corrected chi connectivity index (χ0v) is 17.1. The lowest BCUT2D eigenvalue weighted by Gasteiger charge is -2.05. The van der Waals surface area contributed by atoms with Crippen molar-refractivity contribution in [1.29, 1.82) is 0 Å². The van der Waals surface area contributed by atoms with E-state index in [1.807, 2.05) is 18.2 Å². The van der Waals surface area contributed by atoms with Crippen molar-refractivity contribution in [3.63, 3.8) is 0 Å². The van der Waals surface area contributed by atoms with E-state index in [1.54, 1.807) is 30.3 Å². The summed E-state index contributed by atoms with van der Waals surface area (Å²) in [6.45, 7) is 8.81. The van der Waals surface area contributed by atoms with Gasteiger partial charge in [-0.2, -0.15) is 0 Å². The Morgan fingerprint density at radius 3 is 2.04 bits per heavy atom. The number of hydrogen-bond donors (Lipinski definition) is 0. The van der Waals surface area contributed by atoms with E-state index in [1.165, 1.54) is 12.1 Å². The minimum atomic E-state index is -4.09. The van der Waals surface area contributed by atoms with Gasteiger partial charge in [-0.05, 0) is 28.0 Å². The molecule has 2 aromatic carbocycles. The summed E-state index contributed by atoms with van der Waals surface area (Å²) in [5.41, 5.74) is 1.30. The SMILES string of the molecule is CC(C)(C)C.O=S(=O)(c1ccccc1)c1c(OCc2ccccc2)no[n+]1[O-]. The molecule has 0 radical (unpaired) electrons. The Balaban J connectivity index is 0.000000500. The summed E-state index contributed by atoms with van der Waals surface area (Å²) < 4.78 is 34.8. The summed E-state index contributed by atoms with van der Waals surface area (Å²) in [7, 11) is -4.09. The minimum absolute atomic E-state index is 0.0441. The Morgan fingerprint density at radius 2 is 1.50 bits per heavy atom. The van der Waals surface area contributed by atoms with Crippen molar-refractivity contribution in [2.45, 2.75) is 44.2 Å². The Labute approximate surface area is 165 Å². The molecule has 0 aliphatic rings. The molecule has 1 heterocycles. The molecule has 0 fully saturated rings. The van der Waals surface area contributed by atoms with Crippen molar-refractivity contribution in [1.82, 2.24) is 5.16 Å². The van der Waals surface area contributed by atoms with Crippen LogP contribution in [0.15, 0.2) is 75.2 Å². The van der Waals surface area contributed by atoms with Crippen LogP contribution in [0.25, 0.3) is 0 Å². The van der Waals surface area contributed by atoms with Crippen LogP contribution in [0, 0.1) is 10.6 Å². The fourth-order valence-electron chi connectivity index (χ4n) is 1.97. The van der Waals surface area contributed by atoms with Crippen LogP contribution in [-0.4, -0.2) is 13.6 Å². The number of ether oxygens (including phenoxy) is 1. The second-order valence-corrected chi connectivity index (χ2v) is 9.50. The zero-order chi connectivity index (χ0) is 20.8. The van der Waals surface area contributed by atoms with Crippen molar-refractivity contribution < 1.29 is 22.7 Å². The van der Waals surface area contributed by atoms with Gasteiger partial charge in [0.25, 0.3) is 9.84 Å². The molecule has 0 saturated carbocycles. The van der Waals surface area contributed by atoms with Crippen LogP contribution in [-0.2, 0) is 16.4 Å². The molecule has 1 aromatic heterocycles. The van der Waals surface area contributed by atoms with Gasteiger partial charge >= 0.3 is 10.9 Å². The van der Waals surface area contributed by atoms with Gasteiger partial charge in [0.15, 0.2) is 0 Å². The van der Waals surface area contributed by atoms with Crippen LogP contribution in [0.3, 0.4) is 0 Å². The fraction of sp³-hybridized carbons (Fsp3) is 0.300. The van der Waals surface area contributed by atoms with Crippen LogP contribution in [0.2, 0.25) is 0 Å². The number of benzene rings is 2. The lowest BCUT2D eigenvalue weighted by Crippen LogP contribution is -2.30. The Morgan fingerprint density at radius 1 is 1.00 bits per heavy atom. The van der Waals surface area contributed by atoms with E-state index in [2.05, 4.69) is 37.5 Å². The first-order valence-electron chi connectivity index (χ1n) is 8.65. The highest BCUT2D eigenvalue weighted by Gasteiger charge is 2.35. The fourth-order valence-corrected chi connectivity index (χ4v) is 3.26. The highest BCUT2D eigenvalue weighted by atomic mass is 32.2. The van der Waals surface area contributed by atoms with Crippen molar-refractivity contribution in [2.75, 3.05) is 0 Å². The Hall–Kier alpha value is -2.87. The number of aromatic nitrogens is 2. The average Bonchev–Trinajstić information content (AvgIpc) is 3.01. The first-order chi connectivity index (χ1) is 13.1. The second kappa shape index (κ2) is 8.88. The molecule has 0 saturated heterocycles. The third kappa shape index (κ3) is 6.09. The Bertz CT molecular complexity index is 972. The lowest BCUT2D eigenvalue weighted by atomic mass is 10.0. The summed E-state index contributed by atoms with van der Waals surface area (Å²) in [5.74, 6) is -0.368. The molecule has 7 nitrogen and oxygen atoms in total. The summed E-state index contributed by atoms with van der Waals surface area (Å²) in [5, 5.41) is 14.4. The van der Waals surface area contributed by atoms with Gasteiger partial charge in [0.1, 0.15) is 6.61 Å². The van der Waals surface area contributed by atoms with Gasteiger partial charge in [-0.25, -0.2) is 8.42 Å². The minimum Gasteiger partial charge on any atom is -0.450 e. The monoisotopic (exact) mass is 404 g/mol. The predicted octanol–water partition coefficient (Wildman–Crippen LogP) is 3.77. The van der Waals surface area contributed by atoms with Gasteiger partial charge < -0.3 is 9.94 Å². The van der Waals surface area contributed by atoms with Gasteiger partial charge in [0.2, 0.25) is 0 Å². The molecule has 0 unspecified atom stereocenters. The molecule has 3 aromatic rings. The quantitative estimate of drug-likeness (QED) is 0.601. The number of sulfone groups is 1. The zero-order valence-electron chi connectivity index (χ0n) is 16.3. The third-order valence-electron chi connectivity index (χ3n) is 3.07. The molecule has 0 atom stereocenters. The van der Waals surface area contributed by atoms with E-state index in [0.717, 1.165) is 5.56 Å². The number of nitrogens with zero attached hydrogens (tertiary/aromatic N) is 2. The van der Waals surface area contributed by atoms with E-state index in [-0.39, 0.29) is 22.3 Å². The molecule has 0 aliphatic heterocycles. The van der Waals surface area contributed by atoms with Crippen LogP contribution in [0.4, 0.5) is 0 Å². The molecule has 28 heavy (non-hydrogen) atoms. The molecule has 150 valence electrons. The molecular weight excluding hydrogens is 380 g/mol. The maximum atomic E-state index is 12.5. The Kier molecular flexibility index (Phi) is 6.80. The maximum absolute atomic E-state index is 12.5. The first-order valence-corrected chi connectivity index (χ1v) is 10.1. The van der Waals surface area contributed by atoms with Gasteiger partial charge in [-0.15, -0.1) is 0 Å². The highest BCUT2D eigenvalue weighted by Crippen LogP contribution is 2.25. The maximum Gasteiger partial charge on any atom is 0.415 e. The van der Waals surface area contributed by atoms with E-state index in [0.29, 0.717) is 5.41 Å². The predicted molar refractivity (Wildman–Crippen MR) is 103 cm³/mol. The van der Waals surface area contributed by atoms with Crippen LogP contribution in [0.5, 0.6) is 5.88 Å². The summed E-state index contributed by atoms with van der Waals surface area (Å²) in [6, 6.07) is 16.6. The smallest absolute Gasteiger partial charge is 0.415 e. The van der Waals surface area contributed by atoms with E-state index >= 15 is 0 Å². The van der Waals surface area contributed by atoms with Crippen molar-refractivity contribution in [2.24, 2.45) is 5.41 Å². The molecule has 0 spiro atoms. The summed E-state index contributed by atoms with van der Waals surface area (Å²) in [4.78, 5) is -0.208. The topological polar surface area (TPSA) is 96.3 Å². The summed E-state index contributed by atoms with van der Waals surface area (Å²) >= 11 is 0. The number of rotatable bonds is 5. The van der Waals surface area contributed by atoms with Crippen molar-refractivity contribution in [3.8, 4) is 5.88 Å². The van der Waals surface area contributed by atoms with Gasteiger partial charge in [-0.1, -0.05) is 76.2 Å². The molecular formula is C20H24N2O5S. The molecule has 0 aliphatic carbocycles. The molecule has 3 rings (SSSR count). The largest absolute Gasteiger partial charge is 0.450 e. The molecule has 0 bridgehead atoms. The number of hydrogen-bond acceptors (Lipinski definition) is 6. The van der Waals surface area contributed by atoms with Crippen LogP contribution < -0.4 is 9.64 Å². The highest BCUT2D eigenvalue weighted by molar-refractivity contribution is 7.91. The standard InChI is InChI=1S/C15H12N2O5S.C5H12/c18-17-15(23(19,20)13-9-5-2-6-10-13)14(16-22-17)21-11-12-7-3-1-4-8-12;1-5(2,3)4/h1-10H,11H2;1-4H3. The first kappa shape index (κ1) is 21.4. The normalized spacial score (nSPS) is 11.4. The van der Waals surface area contributed by atoms with Crippen LogP contribution >= 0.6 is 0 Å². The molecule has 8 heteroatoms. The lowest BCUT2D eigenvalue weighted by molar-refractivity contribution is -0.832. The van der Waals surface area contributed by atoms with Gasteiger partial charge in [0.05, 0.1) is 10.1 Å². The second-order valence-electron chi connectivity index (χ2n) is 7.63. The van der Waals surface area contributed by atoms with E-state index < -0.39 is 14.9 Å². The van der Waals surface area contributed by atoms with Crippen molar-refractivity contribution >= 4 is 9.84 Å². The van der Waals surface area contributed by atoms with Crippen molar-refractivity contribution in [3.05, 3.63) is 71.4 Å². The molecule has 0 N–H and O–H groups in total. The van der Waals surface area contributed by atoms with Gasteiger partial charge in [0, 0.05) is 0 Å². The molecule has 0 amide bonds. The average molecular weight is 404 g/mol. The van der Waals surface area contributed by atoms with Gasteiger partial charge in [-0.3, -0.25) is 4.63 Å². The third-order valence-corrected chi connectivity index (χ3v) is 4.80. The van der Waals surface area contributed by atoms with E-state index in [9.17, 15) is 13.6 Å².